The fourth-order valence-corrected chi connectivity index (χ4v) is 1.93. The first-order valence-corrected chi connectivity index (χ1v) is 7.30. The second-order valence-corrected chi connectivity index (χ2v) is 5.67. The third kappa shape index (κ3) is 4.55. The standard InChI is InChI=1S/C17H21N3O2/c1-11(2)10-22-16(21)14-5-7-15(8-6-14)20-17-18-12(3)9-13(4)19-17/h5-9,11H,10H2,1-4H3,(H,18,19,20). The summed E-state index contributed by atoms with van der Waals surface area (Å²) >= 11 is 0. The molecule has 1 aromatic heterocycles. The van der Waals surface area contributed by atoms with Crippen LogP contribution in [0.5, 0.6) is 0 Å². The number of hydrogen-bond acceptors (Lipinski definition) is 5. The maximum Gasteiger partial charge on any atom is 0.338 e. The van der Waals surface area contributed by atoms with Gasteiger partial charge in [-0.2, -0.15) is 0 Å². The fourth-order valence-electron chi connectivity index (χ4n) is 1.93. The lowest BCUT2D eigenvalue weighted by atomic mass is 10.2. The second-order valence-electron chi connectivity index (χ2n) is 5.67. The molecular formula is C17H21N3O2. The highest BCUT2D eigenvalue weighted by molar-refractivity contribution is 5.89. The van der Waals surface area contributed by atoms with E-state index in [9.17, 15) is 4.79 Å². The summed E-state index contributed by atoms with van der Waals surface area (Å²) in [6.45, 7) is 8.28. The van der Waals surface area contributed by atoms with Crippen LogP contribution in [0.25, 0.3) is 0 Å². The molecule has 5 heteroatoms. The molecule has 5 nitrogen and oxygen atoms in total. The monoisotopic (exact) mass is 299 g/mol. The fraction of sp³-hybridized carbons (Fsp3) is 0.353. The molecule has 2 rings (SSSR count). The van der Waals surface area contributed by atoms with E-state index in [4.69, 9.17) is 4.74 Å². The predicted octanol–water partition coefficient (Wildman–Crippen LogP) is 3.65. The molecule has 1 N–H and O–H groups in total. The first kappa shape index (κ1) is 15.9. The molecule has 0 radical (unpaired) electrons. The van der Waals surface area contributed by atoms with E-state index in [1.807, 2.05) is 45.9 Å². The lowest BCUT2D eigenvalue weighted by Gasteiger charge is -2.09. The highest BCUT2D eigenvalue weighted by Crippen LogP contribution is 2.15. The molecule has 0 aliphatic rings. The average Bonchev–Trinajstić information content (AvgIpc) is 2.44. The van der Waals surface area contributed by atoms with Crippen LogP contribution in [-0.2, 0) is 4.74 Å². The number of esters is 1. The molecule has 0 aliphatic heterocycles. The molecule has 1 aromatic carbocycles. The third-order valence-corrected chi connectivity index (χ3v) is 2.91. The molecule has 0 fully saturated rings. The number of hydrogen-bond donors (Lipinski definition) is 1. The maximum atomic E-state index is 11.8. The Balaban J connectivity index is 2.04. The molecule has 0 atom stereocenters. The van der Waals surface area contributed by atoms with Crippen LogP contribution in [0.4, 0.5) is 11.6 Å². The van der Waals surface area contributed by atoms with Gasteiger partial charge in [0.2, 0.25) is 5.95 Å². The van der Waals surface area contributed by atoms with Crippen molar-refractivity contribution in [2.24, 2.45) is 5.92 Å². The molecule has 0 saturated carbocycles. The molecule has 0 aliphatic carbocycles. The Morgan fingerprint density at radius 2 is 1.73 bits per heavy atom. The summed E-state index contributed by atoms with van der Waals surface area (Å²) in [4.78, 5) is 20.5. The number of ether oxygens (including phenoxy) is 1. The SMILES string of the molecule is Cc1cc(C)nc(Nc2ccc(C(=O)OCC(C)C)cc2)n1. The Morgan fingerprint density at radius 1 is 1.14 bits per heavy atom. The molecule has 116 valence electrons. The van der Waals surface area contributed by atoms with E-state index in [0.717, 1.165) is 17.1 Å². The van der Waals surface area contributed by atoms with Crippen LogP contribution in [0.1, 0.15) is 35.6 Å². The number of benzene rings is 1. The quantitative estimate of drug-likeness (QED) is 0.854. The number of anilines is 2. The molecular weight excluding hydrogens is 278 g/mol. The number of aryl methyl sites for hydroxylation is 2. The zero-order valence-corrected chi connectivity index (χ0v) is 13.4. The highest BCUT2D eigenvalue weighted by atomic mass is 16.5. The van der Waals surface area contributed by atoms with E-state index < -0.39 is 0 Å². The van der Waals surface area contributed by atoms with Crippen LogP contribution >= 0.6 is 0 Å². The second kappa shape index (κ2) is 7.02. The zero-order chi connectivity index (χ0) is 16.1. The molecule has 0 bridgehead atoms. The van der Waals surface area contributed by atoms with Gasteiger partial charge in [0.05, 0.1) is 12.2 Å². The molecule has 2 aromatic rings. The van der Waals surface area contributed by atoms with Crippen LogP contribution in [0.15, 0.2) is 30.3 Å². The van der Waals surface area contributed by atoms with Crippen molar-refractivity contribution in [3.63, 3.8) is 0 Å². The van der Waals surface area contributed by atoms with E-state index in [2.05, 4.69) is 15.3 Å². The molecule has 0 amide bonds. The smallest absolute Gasteiger partial charge is 0.338 e. The highest BCUT2D eigenvalue weighted by Gasteiger charge is 2.08. The largest absolute Gasteiger partial charge is 0.462 e. The minimum absolute atomic E-state index is 0.303. The zero-order valence-electron chi connectivity index (χ0n) is 13.4. The summed E-state index contributed by atoms with van der Waals surface area (Å²) in [6, 6.07) is 9.00. The van der Waals surface area contributed by atoms with Gasteiger partial charge < -0.3 is 10.1 Å². The van der Waals surface area contributed by atoms with Gasteiger partial charge in [0, 0.05) is 17.1 Å². The summed E-state index contributed by atoms with van der Waals surface area (Å²) in [5, 5.41) is 3.13. The molecule has 0 spiro atoms. The summed E-state index contributed by atoms with van der Waals surface area (Å²) in [6.07, 6.45) is 0. The van der Waals surface area contributed by atoms with E-state index >= 15 is 0 Å². The van der Waals surface area contributed by atoms with Crippen LogP contribution in [0.2, 0.25) is 0 Å². The number of carbonyl (C=O) groups is 1. The van der Waals surface area contributed by atoms with Gasteiger partial charge in [-0.1, -0.05) is 13.8 Å². The Labute approximate surface area is 130 Å². The first-order valence-electron chi connectivity index (χ1n) is 7.30. The Kier molecular flexibility index (Phi) is 5.09. The minimum atomic E-state index is -0.303. The third-order valence-electron chi connectivity index (χ3n) is 2.91. The Hall–Kier alpha value is -2.43. The van der Waals surface area contributed by atoms with E-state index in [1.165, 1.54) is 0 Å². The summed E-state index contributed by atoms with van der Waals surface area (Å²) in [5.41, 5.74) is 3.17. The van der Waals surface area contributed by atoms with Gasteiger partial charge in [0.15, 0.2) is 0 Å². The van der Waals surface area contributed by atoms with Gasteiger partial charge in [0.25, 0.3) is 0 Å². The molecule has 1 heterocycles. The lowest BCUT2D eigenvalue weighted by molar-refractivity contribution is 0.0459. The van der Waals surface area contributed by atoms with Crippen LogP contribution in [0, 0.1) is 19.8 Å². The minimum Gasteiger partial charge on any atom is -0.462 e. The van der Waals surface area contributed by atoms with Crippen molar-refractivity contribution in [2.75, 3.05) is 11.9 Å². The van der Waals surface area contributed by atoms with E-state index in [1.54, 1.807) is 12.1 Å². The Morgan fingerprint density at radius 3 is 2.27 bits per heavy atom. The van der Waals surface area contributed by atoms with Crippen LogP contribution in [-0.4, -0.2) is 22.5 Å². The van der Waals surface area contributed by atoms with Gasteiger partial charge in [-0.05, 0) is 50.1 Å². The van der Waals surface area contributed by atoms with Crippen molar-refractivity contribution in [1.82, 2.24) is 9.97 Å². The topological polar surface area (TPSA) is 64.1 Å². The molecule has 0 unspecified atom stereocenters. The number of nitrogens with zero attached hydrogens (tertiary/aromatic N) is 2. The summed E-state index contributed by atoms with van der Waals surface area (Å²) in [5.74, 6) is 0.571. The number of nitrogens with one attached hydrogen (secondary N) is 1. The van der Waals surface area contributed by atoms with Crippen molar-refractivity contribution in [1.29, 1.82) is 0 Å². The maximum absolute atomic E-state index is 11.8. The lowest BCUT2D eigenvalue weighted by Crippen LogP contribution is -2.10. The normalized spacial score (nSPS) is 10.6. The van der Waals surface area contributed by atoms with E-state index in [-0.39, 0.29) is 5.97 Å². The molecule has 22 heavy (non-hydrogen) atoms. The van der Waals surface area contributed by atoms with Crippen LogP contribution < -0.4 is 5.32 Å². The van der Waals surface area contributed by atoms with Gasteiger partial charge in [-0.15, -0.1) is 0 Å². The van der Waals surface area contributed by atoms with E-state index in [0.29, 0.717) is 24.0 Å². The van der Waals surface area contributed by atoms with Gasteiger partial charge >= 0.3 is 5.97 Å². The average molecular weight is 299 g/mol. The van der Waals surface area contributed by atoms with Crippen molar-refractivity contribution < 1.29 is 9.53 Å². The summed E-state index contributed by atoms with van der Waals surface area (Å²) in [7, 11) is 0. The first-order chi connectivity index (χ1) is 10.4. The predicted molar refractivity (Wildman–Crippen MR) is 86.4 cm³/mol. The van der Waals surface area contributed by atoms with Gasteiger partial charge in [-0.3, -0.25) is 0 Å². The molecule has 0 saturated heterocycles. The van der Waals surface area contributed by atoms with Crippen molar-refractivity contribution in [3.05, 3.63) is 47.3 Å². The van der Waals surface area contributed by atoms with Crippen molar-refractivity contribution >= 4 is 17.6 Å². The Bertz CT molecular complexity index is 631. The van der Waals surface area contributed by atoms with Gasteiger partial charge in [0.1, 0.15) is 0 Å². The van der Waals surface area contributed by atoms with Crippen molar-refractivity contribution in [2.45, 2.75) is 27.7 Å². The van der Waals surface area contributed by atoms with Gasteiger partial charge in [-0.25, -0.2) is 14.8 Å². The number of carbonyl (C=O) groups excluding carboxylic acids is 1. The number of rotatable bonds is 5. The van der Waals surface area contributed by atoms with Crippen LogP contribution in [0.3, 0.4) is 0 Å². The number of aromatic nitrogens is 2. The van der Waals surface area contributed by atoms with Crippen molar-refractivity contribution in [3.8, 4) is 0 Å². The summed E-state index contributed by atoms with van der Waals surface area (Å²) < 4.78 is 5.20.